The minimum Gasteiger partial charge on any atom is -0.368 e. The van der Waals surface area contributed by atoms with E-state index in [1.165, 1.54) is 16.8 Å². The number of halogens is 1. The van der Waals surface area contributed by atoms with Crippen molar-refractivity contribution in [2.75, 3.05) is 41.3 Å². The lowest BCUT2D eigenvalue weighted by Gasteiger charge is -2.36. The van der Waals surface area contributed by atoms with E-state index >= 15 is 0 Å². The fourth-order valence-electron chi connectivity index (χ4n) is 3.44. The summed E-state index contributed by atoms with van der Waals surface area (Å²) in [7, 11) is 0. The number of nitrogens with one attached hydrogen (secondary N) is 1. The van der Waals surface area contributed by atoms with E-state index in [-0.39, 0.29) is 0 Å². The Hall–Kier alpha value is -2.79. The number of hydrogen-bond donors (Lipinski definition) is 1. The normalized spacial score (nSPS) is 14.2. The van der Waals surface area contributed by atoms with Crippen molar-refractivity contribution in [1.82, 2.24) is 9.97 Å². The van der Waals surface area contributed by atoms with Gasteiger partial charge in [-0.2, -0.15) is 4.98 Å². The first kappa shape index (κ1) is 18.6. The number of piperazine rings is 1. The van der Waals surface area contributed by atoms with Crippen LogP contribution in [0.4, 0.5) is 23.1 Å². The molecule has 0 spiro atoms. The van der Waals surface area contributed by atoms with Crippen LogP contribution in [0.2, 0.25) is 5.02 Å². The van der Waals surface area contributed by atoms with Crippen molar-refractivity contribution in [3.05, 3.63) is 70.9 Å². The lowest BCUT2D eigenvalue weighted by atomic mass is 10.1. The van der Waals surface area contributed by atoms with Crippen molar-refractivity contribution in [1.29, 1.82) is 0 Å². The molecule has 4 rings (SSSR count). The monoisotopic (exact) mass is 393 g/mol. The minimum atomic E-state index is 0.628. The fraction of sp³-hybridized carbons (Fsp3) is 0.273. The third kappa shape index (κ3) is 4.20. The minimum absolute atomic E-state index is 0.628. The summed E-state index contributed by atoms with van der Waals surface area (Å²) in [6.45, 7) is 7.86. The van der Waals surface area contributed by atoms with Gasteiger partial charge in [0, 0.05) is 48.8 Å². The zero-order valence-corrected chi connectivity index (χ0v) is 16.9. The van der Waals surface area contributed by atoms with Crippen LogP contribution >= 0.6 is 11.6 Å². The van der Waals surface area contributed by atoms with Crippen molar-refractivity contribution >= 4 is 34.7 Å². The molecule has 1 saturated heterocycles. The van der Waals surface area contributed by atoms with Crippen LogP contribution in [0, 0.1) is 13.8 Å². The molecule has 3 aromatic rings. The summed E-state index contributed by atoms with van der Waals surface area (Å²) in [5.74, 6) is 1.58. The summed E-state index contributed by atoms with van der Waals surface area (Å²) in [6, 6.07) is 16.4. The summed E-state index contributed by atoms with van der Waals surface area (Å²) >= 11 is 6.13. The van der Waals surface area contributed by atoms with Crippen LogP contribution in [-0.4, -0.2) is 36.1 Å². The molecule has 2 aromatic carbocycles. The summed E-state index contributed by atoms with van der Waals surface area (Å²) in [4.78, 5) is 13.8. The van der Waals surface area contributed by atoms with E-state index in [4.69, 9.17) is 16.6 Å². The van der Waals surface area contributed by atoms with E-state index in [2.05, 4.69) is 58.2 Å². The molecule has 5 nitrogen and oxygen atoms in total. The van der Waals surface area contributed by atoms with Crippen LogP contribution in [-0.2, 0) is 0 Å². The molecule has 0 unspecified atom stereocenters. The summed E-state index contributed by atoms with van der Waals surface area (Å²) < 4.78 is 0. The van der Waals surface area contributed by atoms with Crippen molar-refractivity contribution in [2.45, 2.75) is 13.8 Å². The van der Waals surface area contributed by atoms with Gasteiger partial charge in [-0.3, -0.25) is 0 Å². The summed E-state index contributed by atoms with van der Waals surface area (Å²) in [6.07, 6.45) is 1.82. The highest BCUT2D eigenvalue weighted by atomic mass is 35.5. The molecule has 0 bridgehead atoms. The molecule has 0 atom stereocenters. The van der Waals surface area contributed by atoms with E-state index in [1.807, 2.05) is 30.5 Å². The zero-order valence-electron chi connectivity index (χ0n) is 16.2. The Morgan fingerprint density at radius 3 is 2.50 bits per heavy atom. The number of anilines is 4. The highest BCUT2D eigenvalue weighted by molar-refractivity contribution is 6.30. The number of aryl methyl sites for hydroxylation is 2. The second-order valence-corrected chi connectivity index (χ2v) is 7.57. The van der Waals surface area contributed by atoms with Gasteiger partial charge in [-0.25, -0.2) is 4.98 Å². The molecule has 2 heterocycles. The van der Waals surface area contributed by atoms with Crippen LogP contribution in [0.5, 0.6) is 0 Å². The van der Waals surface area contributed by atoms with Gasteiger partial charge in [0.1, 0.15) is 5.82 Å². The molecule has 1 fully saturated rings. The van der Waals surface area contributed by atoms with Crippen molar-refractivity contribution < 1.29 is 0 Å². The molecule has 144 valence electrons. The standard InChI is InChI=1S/C22H24ClN5/c1-16-6-7-17(2)20(14-16)25-22-24-9-8-21(26-22)28-12-10-27(11-13-28)19-5-3-4-18(23)15-19/h3-9,14-15H,10-13H2,1-2H3,(H,24,25,26). The first-order valence-corrected chi connectivity index (χ1v) is 9.89. The molecule has 1 aliphatic rings. The van der Waals surface area contributed by atoms with E-state index in [0.29, 0.717) is 5.95 Å². The van der Waals surface area contributed by atoms with Crippen molar-refractivity contribution in [3.63, 3.8) is 0 Å². The van der Waals surface area contributed by atoms with E-state index in [1.54, 1.807) is 0 Å². The van der Waals surface area contributed by atoms with E-state index in [0.717, 1.165) is 42.7 Å². The predicted octanol–water partition coefficient (Wildman–Crippen LogP) is 4.82. The molecule has 0 saturated carbocycles. The Kier molecular flexibility index (Phi) is 5.35. The lowest BCUT2D eigenvalue weighted by Crippen LogP contribution is -2.46. The summed E-state index contributed by atoms with van der Waals surface area (Å²) in [5.41, 5.74) is 4.60. The molecular formula is C22H24ClN5. The quantitative estimate of drug-likeness (QED) is 0.688. The van der Waals surface area contributed by atoms with Crippen molar-refractivity contribution in [3.8, 4) is 0 Å². The SMILES string of the molecule is Cc1ccc(C)c(Nc2nccc(N3CCN(c4cccc(Cl)c4)CC3)n2)c1. The van der Waals surface area contributed by atoms with Gasteiger partial charge in [-0.1, -0.05) is 29.8 Å². The number of hydrogen-bond acceptors (Lipinski definition) is 5. The van der Waals surface area contributed by atoms with Crippen LogP contribution in [0.15, 0.2) is 54.7 Å². The predicted molar refractivity (Wildman–Crippen MR) is 117 cm³/mol. The van der Waals surface area contributed by atoms with Gasteiger partial charge in [0.05, 0.1) is 0 Å². The number of aromatic nitrogens is 2. The maximum absolute atomic E-state index is 6.13. The van der Waals surface area contributed by atoms with Crippen molar-refractivity contribution in [2.24, 2.45) is 0 Å². The Morgan fingerprint density at radius 1 is 0.929 bits per heavy atom. The lowest BCUT2D eigenvalue weighted by molar-refractivity contribution is 0.647. The molecule has 0 aliphatic carbocycles. The second-order valence-electron chi connectivity index (χ2n) is 7.14. The maximum atomic E-state index is 6.13. The van der Waals surface area contributed by atoms with Gasteiger partial charge < -0.3 is 15.1 Å². The van der Waals surface area contributed by atoms with Gasteiger partial charge in [0.25, 0.3) is 0 Å². The van der Waals surface area contributed by atoms with Gasteiger partial charge in [-0.15, -0.1) is 0 Å². The molecule has 0 radical (unpaired) electrons. The third-order valence-corrected chi connectivity index (χ3v) is 5.29. The molecular weight excluding hydrogens is 370 g/mol. The van der Waals surface area contributed by atoms with Crippen LogP contribution < -0.4 is 15.1 Å². The molecule has 6 heteroatoms. The second kappa shape index (κ2) is 8.07. The zero-order chi connectivity index (χ0) is 19.5. The number of nitrogens with zero attached hydrogens (tertiary/aromatic N) is 4. The first-order chi connectivity index (χ1) is 13.6. The first-order valence-electron chi connectivity index (χ1n) is 9.51. The van der Waals surface area contributed by atoms with Gasteiger partial charge >= 0.3 is 0 Å². The highest BCUT2D eigenvalue weighted by Gasteiger charge is 2.19. The third-order valence-electron chi connectivity index (χ3n) is 5.06. The largest absolute Gasteiger partial charge is 0.368 e. The molecule has 1 N–H and O–H groups in total. The van der Waals surface area contributed by atoms with Crippen LogP contribution in [0.1, 0.15) is 11.1 Å². The van der Waals surface area contributed by atoms with E-state index < -0.39 is 0 Å². The van der Waals surface area contributed by atoms with E-state index in [9.17, 15) is 0 Å². The Labute approximate surface area is 171 Å². The average Bonchev–Trinajstić information content (AvgIpc) is 2.71. The Morgan fingerprint density at radius 2 is 1.71 bits per heavy atom. The highest BCUT2D eigenvalue weighted by Crippen LogP contribution is 2.24. The topological polar surface area (TPSA) is 44.3 Å². The van der Waals surface area contributed by atoms with Gasteiger partial charge in [0.15, 0.2) is 0 Å². The smallest absolute Gasteiger partial charge is 0.229 e. The Balaban J connectivity index is 1.44. The van der Waals surface area contributed by atoms with Gasteiger partial charge in [0.2, 0.25) is 5.95 Å². The summed E-state index contributed by atoms with van der Waals surface area (Å²) in [5, 5.41) is 4.14. The number of rotatable bonds is 4. The van der Waals surface area contributed by atoms with Crippen LogP contribution in [0.25, 0.3) is 0 Å². The number of benzene rings is 2. The average molecular weight is 394 g/mol. The molecule has 28 heavy (non-hydrogen) atoms. The Bertz CT molecular complexity index is 967. The van der Waals surface area contributed by atoms with Gasteiger partial charge in [-0.05, 0) is 55.3 Å². The molecule has 1 aliphatic heterocycles. The maximum Gasteiger partial charge on any atom is 0.229 e. The molecule has 0 amide bonds. The van der Waals surface area contributed by atoms with Crippen LogP contribution in [0.3, 0.4) is 0 Å². The molecule has 1 aromatic heterocycles. The fourth-order valence-corrected chi connectivity index (χ4v) is 3.63.